The summed E-state index contributed by atoms with van der Waals surface area (Å²) in [5.74, 6) is 5.49. The first kappa shape index (κ1) is 9.71. The Balaban J connectivity index is 2.48. The van der Waals surface area contributed by atoms with Crippen molar-refractivity contribution < 1.29 is 0 Å². The van der Waals surface area contributed by atoms with Crippen LogP contribution in [-0.2, 0) is 6.42 Å². The summed E-state index contributed by atoms with van der Waals surface area (Å²) in [5, 5.41) is 1.70. The number of likely N-dealkylation sites (N-methyl/N-ethyl adjacent to an activating group) is 1. The summed E-state index contributed by atoms with van der Waals surface area (Å²) in [6.45, 7) is 0.891. The van der Waals surface area contributed by atoms with Crippen LogP contribution < -0.4 is 5.84 Å². The Kier molecular flexibility index (Phi) is 3.72. The van der Waals surface area contributed by atoms with Crippen LogP contribution in [0.25, 0.3) is 0 Å². The summed E-state index contributed by atoms with van der Waals surface area (Å²) >= 11 is 3.39. The molecule has 0 spiro atoms. The van der Waals surface area contributed by atoms with Crippen molar-refractivity contribution in [3.63, 3.8) is 0 Å². The lowest BCUT2D eigenvalue weighted by molar-refractivity contribution is 0.354. The van der Waals surface area contributed by atoms with Crippen molar-refractivity contribution in [2.24, 2.45) is 5.84 Å². The van der Waals surface area contributed by atoms with E-state index in [1.54, 1.807) is 5.01 Å². The molecule has 0 saturated carbocycles. The molecular weight excluding hydrogens is 216 g/mol. The molecule has 0 saturated heterocycles. The van der Waals surface area contributed by atoms with Crippen molar-refractivity contribution in [1.82, 2.24) is 5.01 Å². The second kappa shape index (κ2) is 4.60. The fourth-order valence-corrected chi connectivity index (χ4v) is 1.22. The Labute approximate surface area is 81.5 Å². The molecule has 0 radical (unpaired) electrons. The number of nitrogens with two attached hydrogens (primary N) is 1. The minimum absolute atomic E-state index is 0.891. The van der Waals surface area contributed by atoms with Crippen molar-refractivity contribution in [3.8, 4) is 0 Å². The molecule has 0 bridgehead atoms. The standard InChI is InChI=1S/C9H13BrN2/c1-12(11)7-6-8-2-4-9(10)5-3-8/h2-5H,6-7,11H2,1H3. The van der Waals surface area contributed by atoms with E-state index in [1.165, 1.54) is 5.56 Å². The third-order valence-electron chi connectivity index (χ3n) is 1.67. The maximum atomic E-state index is 5.49. The number of halogens is 1. The van der Waals surface area contributed by atoms with Gasteiger partial charge in [-0.3, -0.25) is 5.84 Å². The zero-order valence-electron chi connectivity index (χ0n) is 7.13. The molecule has 0 atom stereocenters. The van der Waals surface area contributed by atoms with Gasteiger partial charge in [0.1, 0.15) is 0 Å². The van der Waals surface area contributed by atoms with Gasteiger partial charge in [0.05, 0.1) is 0 Å². The Bertz CT molecular complexity index is 231. The van der Waals surface area contributed by atoms with Gasteiger partial charge in [-0.1, -0.05) is 28.1 Å². The van der Waals surface area contributed by atoms with E-state index in [-0.39, 0.29) is 0 Å². The summed E-state index contributed by atoms with van der Waals surface area (Å²) in [4.78, 5) is 0. The van der Waals surface area contributed by atoms with Crippen LogP contribution in [0.15, 0.2) is 28.7 Å². The highest BCUT2D eigenvalue weighted by atomic mass is 79.9. The second-order valence-electron chi connectivity index (χ2n) is 2.86. The summed E-state index contributed by atoms with van der Waals surface area (Å²) in [5.41, 5.74) is 1.32. The van der Waals surface area contributed by atoms with Gasteiger partial charge in [0.25, 0.3) is 0 Å². The molecule has 0 aliphatic carbocycles. The summed E-state index contributed by atoms with van der Waals surface area (Å²) < 4.78 is 1.12. The minimum atomic E-state index is 0.891. The SMILES string of the molecule is CN(N)CCc1ccc(Br)cc1. The first-order valence-electron chi connectivity index (χ1n) is 3.89. The fourth-order valence-electron chi connectivity index (χ4n) is 0.957. The molecule has 0 fully saturated rings. The van der Waals surface area contributed by atoms with Crippen LogP contribution in [0, 0.1) is 0 Å². The van der Waals surface area contributed by atoms with Gasteiger partial charge in [0.15, 0.2) is 0 Å². The average molecular weight is 229 g/mol. The van der Waals surface area contributed by atoms with Gasteiger partial charge in [0, 0.05) is 18.1 Å². The Morgan fingerprint density at radius 1 is 1.33 bits per heavy atom. The summed E-state index contributed by atoms with van der Waals surface area (Å²) in [6.07, 6.45) is 1.00. The van der Waals surface area contributed by atoms with Gasteiger partial charge in [-0.25, -0.2) is 5.01 Å². The number of nitrogens with zero attached hydrogens (tertiary/aromatic N) is 1. The predicted octanol–water partition coefficient (Wildman–Crippen LogP) is 1.80. The number of rotatable bonds is 3. The van der Waals surface area contributed by atoms with Crippen molar-refractivity contribution in [2.45, 2.75) is 6.42 Å². The number of hydrogen-bond acceptors (Lipinski definition) is 2. The molecule has 1 aromatic rings. The van der Waals surface area contributed by atoms with Crippen molar-refractivity contribution in [2.75, 3.05) is 13.6 Å². The molecule has 2 nitrogen and oxygen atoms in total. The zero-order chi connectivity index (χ0) is 8.97. The molecule has 0 heterocycles. The number of hydrazine groups is 1. The fraction of sp³-hybridized carbons (Fsp3) is 0.333. The van der Waals surface area contributed by atoms with E-state index in [0.717, 1.165) is 17.4 Å². The van der Waals surface area contributed by atoms with E-state index in [4.69, 9.17) is 5.84 Å². The predicted molar refractivity (Wildman–Crippen MR) is 54.7 cm³/mol. The van der Waals surface area contributed by atoms with Crippen molar-refractivity contribution in [3.05, 3.63) is 34.3 Å². The maximum absolute atomic E-state index is 5.49. The topological polar surface area (TPSA) is 29.3 Å². The van der Waals surface area contributed by atoms with E-state index < -0.39 is 0 Å². The number of benzene rings is 1. The average Bonchev–Trinajstić information content (AvgIpc) is 2.03. The van der Waals surface area contributed by atoms with Crippen LogP contribution in [0.3, 0.4) is 0 Å². The molecule has 3 heteroatoms. The lowest BCUT2D eigenvalue weighted by Crippen LogP contribution is -2.28. The highest BCUT2D eigenvalue weighted by Gasteiger charge is 1.94. The van der Waals surface area contributed by atoms with Crippen molar-refractivity contribution >= 4 is 15.9 Å². The third-order valence-corrected chi connectivity index (χ3v) is 2.20. The van der Waals surface area contributed by atoms with Crippen LogP contribution in [0.5, 0.6) is 0 Å². The number of hydrogen-bond donors (Lipinski definition) is 1. The smallest absolute Gasteiger partial charge is 0.0175 e. The highest BCUT2D eigenvalue weighted by molar-refractivity contribution is 9.10. The lowest BCUT2D eigenvalue weighted by Gasteiger charge is -2.08. The zero-order valence-corrected chi connectivity index (χ0v) is 8.71. The van der Waals surface area contributed by atoms with Gasteiger partial charge in [-0.2, -0.15) is 0 Å². The molecule has 12 heavy (non-hydrogen) atoms. The van der Waals surface area contributed by atoms with E-state index in [1.807, 2.05) is 19.2 Å². The highest BCUT2D eigenvalue weighted by Crippen LogP contribution is 2.10. The summed E-state index contributed by atoms with van der Waals surface area (Å²) in [6, 6.07) is 8.30. The van der Waals surface area contributed by atoms with Crippen molar-refractivity contribution in [1.29, 1.82) is 0 Å². The van der Waals surface area contributed by atoms with Gasteiger partial charge >= 0.3 is 0 Å². The quantitative estimate of drug-likeness (QED) is 0.632. The molecule has 1 rings (SSSR count). The lowest BCUT2D eigenvalue weighted by atomic mass is 10.1. The van der Waals surface area contributed by atoms with Crippen LogP contribution in [0.1, 0.15) is 5.56 Å². The Morgan fingerprint density at radius 3 is 2.42 bits per heavy atom. The van der Waals surface area contributed by atoms with Crippen LogP contribution in [0.4, 0.5) is 0 Å². The summed E-state index contributed by atoms with van der Waals surface area (Å²) in [7, 11) is 1.87. The molecule has 0 amide bonds. The second-order valence-corrected chi connectivity index (χ2v) is 3.77. The minimum Gasteiger partial charge on any atom is -0.269 e. The molecule has 0 aliphatic rings. The van der Waals surface area contributed by atoms with Gasteiger partial charge in [-0.15, -0.1) is 0 Å². The van der Waals surface area contributed by atoms with E-state index >= 15 is 0 Å². The molecular formula is C9H13BrN2. The van der Waals surface area contributed by atoms with E-state index in [0.29, 0.717) is 0 Å². The van der Waals surface area contributed by atoms with Gasteiger partial charge in [-0.05, 0) is 24.1 Å². The third kappa shape index (κ3) is 3.34. The largest absolute Gasteiger partial charge is 0.269 e. The van der Waals surface area contributed by atoms with E-state index in [9.17, 15) is 0 Å². The van der Waals surface area contributed by atoms with Crippen LogP contribution in [-0.4, -0.2) is 18.6 Å². The van der Waals surface area contributed by atoms with Gasteiger partial charge in [0.2, 0.25) is 0 Å². The Morgan fingerprint density at radius 2 is 1.92 bits per heavy atom. The molecule has 2 N–H and O–H groups in total. The van der Waals surface area contributed by atoms with Crippen LogP contribution in [0.2, 0.25) is 0 Å². The molecule has 0 unspecified atom stereocenters. The van der Waals surface area contributed by atoms with E-state index in [2.05, 4.69) is 28.1 Å². The molecule has 0 aliphatic heterocycles. The normalized spacial score (nSPS) is 10.7. The molecule has 1 aromatic carbocycles. The first-order chi connectivity index (χ1) is 5.68. The molecule has 66 valence electrons. The monoisotopic (exact) mass is 228 g/mol. The first-order valence-corrected chi connectivity index (χ1v) is 4.68. The maximum Gasteiger partial charge on any atom is 0.0175 e. The van der Waals surface area contributed by atoms with Gasteiger partial charge < -0.3 is 0 Å². The Hall–Kier alpha value is -0.380. The molecule has 0 aromatic heterocycles. The van der Waals surface area contributed by atoms with Crippen LogP contribution >= 0.6 is 15.9 Å².